The van der Waals surface area contributed by atoms with Gasteiger partial charge in [-0.05, 0) is 19.3 Å². The molecule has 17 heavy (non-hydrogen) atoms. The fraction of sp³-hybridized carbons (Fsp3) is 0.769. The van der Waals surface area contributed by atoms with E-state index in [0.29, 0.717) is 18.5 Å². The van der Waals surface area contributed by atoms with E-state index in [0.717, 1.165) is 45.4 Å². The van der Waals surface area contributed by atoms with Gasteiger partial charge in [0.1, 0.15) is 0 Å². The van der Waals surface area contributed by atoms with Gasteiger partial charge in [0.25, 0.3) is 0 Å². The molecule has 0 saturated carbocycles. The maximum atomic E-state index is 11.1. The Morgan fingerprint density at radius 3 is 2.71 bits per heavy atom. The van der Waals surface area contributed by atoms with Crippen molar-refractivity contribution in [2.45, 2.75) is 37.8 Å². The van der Waals surface area contributed by atoms with Gasteiger partial charge in [0.2, 0.25) is 5.91 Å². The second-order valence-electron chi connectivity index (χ2n) is 4.96. The van der Waals surface area contributed by atoms with Crippen molar-refractivity contribution in [1.29, 1.82) is 0 Å². The number of hydrogen-bond acceptors (Lipinski definition) is 3. The number of likely N-dealkylation sites (tertiary alicyclic amines) is 1. The first kappa shape index (κ1) is 12.4. The van der Waals surface area contributed by atoms with Gasteiger partial charge in [-0.15, -0.1) is 6.42 Å². The lowest BCUT2D eigenvalue weighted by molar-refractivity contribution is -0.122. The molecule has 0 aromatic carbocycles. The maximum absolute atomic E-state index is 11.1. The summed E-state index contributed by atoms with van der Waals surface area (Å²) < 4.78 is 0. The minimum Gasteiger partial charge on any atom is -0.355 e. The molecule has 2 saturated heterocycles. The molecule has 2 fully saturated rings. The fourth-order valence-corrected chi connectivity index (χ4v) is 2.60. The zero-order valence-electron chi connectivity index (χ0n) is 10.2. The number of nitrogens with one attached hydrogen (secondary N) is 2. The van der Waals surface area contributed by atoms with Crippen LogP contribution in [0.2, 0.25) is 0 Å². The molecule has 0 spiro atoms. The summed E-state index contributed by atoms with van der Waals surface area (Å²) in [7, 11) is 0. The molecule has 2 rings (SSSR count). The monoisotopic (exact) mass is 235 g/mol. The van der Waals surface area contributed by atoms with Crippen molar-refractivity contribution >= 4 is 5.91 Å². The number of carbonyl (C=O) groups excluding carboxylic acids is 1. The van der Waals surface area contributed by atoms with E-state index in [1.165, 1.54) is 0 Å². The molecule has 0 radical (unpaired) electrons. The van der Waals surface area contributed by atoms with Gasteiger partial charge in [0.15, 0.2) is 0 Å². The van der Waals surface area contributed by atoms with Gasteiger partial charge in [0, 0.05) is 38.1 Å². The van der Waals surface area contributed by atoms with Crippen LogP contribution < -0.4 is 10.6 Å². The summed E-state index contributed by atoms with van der Waals surface area (Å²) in [5, 5.41) is 6.56. The summed E-state index contributed by atoms with van der Waals surface area (Å²) in [6.07, 6.45) is 9.26. The average Bonchev–Trinajstić information content (AvgIpc) is 2.35. The van der Waals surface area contributed by atoms with Crippen LogP contribution >= 0.6 is 0 Å². The number of piperidine rings is 2. The predicted octanol–water partition coefficient (Wildman–Crippen LogP) is -0.0478. The van der Waals surface area contributed by atoms with Gasteiger partial charge in [-0.2, -0.15) is 0 Å². The third-order valence-electron chi connectivity index (χ3n) is 3.64. The van der Waals surface area contributed by atoms with Crippen molar-refractivity contribution in [3.8, 4) is 12.3 Å². The van der Waals surface area contributed by atoms with Crippen molar-refractivity contribution in [3.63, 3.8) is 0 Å². The van der Waals surface area contributed by atoms with Crippen LogP contribution in [0.15, 0.2) is 0 Å². The number of rotatable bonds is 3. The average molecular weight is 235 g/mol. The van der Waals surface area contributed by atoms with E-state index >= 15 is 0 Å². The topological polar surface area (TPSA) is 44.4 Å². The van der Waals surface area contributed by atoms with Crippen LogP contribution in [-0.4, -0.2) is 49.1 Å². The van der Waals surface area contributed by atoms with Crippen LogP contribution in [0.4, 0.5) is 0 Å². The van der Waals surface area contributed by atoms with E-state index in [2.05, 4.69) is 21.5 Å². The quantitative estimate of drug-likeness (QED) is 0.674. The third-order valence-corrected chi connectivity index (χ3v) is 3.64. The van der Waals surface area contributed by atoms with Crippen LogP contribution in [0.5, 0.6) is 0 Å². The fourth-order valence-electron chi connectivity index (χ4n) is 2.60. The number of nitrogens with zero attached hydrogens (tertiary/aromatic N) is 1. The second-order valence-corrected chi connectivity index (χ2v) is 4.96. The summed E-state index contributed by atoms with van der Waals surface area (Å²) >= 11 is 0. The van der Waals surface area contributed by atoms with Crippen molar-refractivity contribution in [2.24, 2.45) is 0 Å². The summed E-state index contributed by atoms with van der Waals surface area (Å²) in [6.45, 7) is 3.72. The molecule has 1 atom stereocenters. The number of carbonyl (C=O) groups is 1. The molecule has 94 valence electrons. The smallest absolute Gasteiger partial charge is 0.220 e. The van der Waals surface area contributed by atoms with E-state index in [1.807, 2.05) is 0 Å². The summed E-state index contributed by atoms with van der Waals surface area (Å²) in [5.41, 5.74) is 0. The summed E-state index contributed by atoms with van der Waals surface area (Å²) in [5.74, 6) is 2.88. The molecular formula is C13H21N3O. The number of terminal acetylenes is 1. The molecule has 0 aromatic rings. The highest BCUT2D eigenvalue weighted by Crippen LogP contribution is 2.12. The SMILES string of the molecule is C#CCN1CCC(NC2CCC(=O)NC2)CC1. The summed E-state index contributed by atoms with van der Waals surface area (Å²) in [4.78, 5) is 13.4. The van der Waals surface area contributed by atoms with Crippen LogP contribution in [0.3, 0.4) is 0 Å². The lowest BCUT2D eigenvalue weighted by atomic mass is 10.0. The molecule has 4 heteroatoms. The van der Waals surface area contributed by atoms with E-state index in [1.54, 1.807) is 0 Å². The van der Waals surface area contributed by atoms with Gasteiger partial charge in [-0.1, -0.05) is 5.92 Å². The Labute approximate surface area is 103 Å². The van der Waals surface area contributed by atoms with Crippen molar-refractivity contribution in [1.82, 2.24) is 15.5 Å². The maximum Gasteiger partial charge on any atom is 0.220 e. The minimum absolute atomic E-state index is 0.187. The highest BCUT2D eigenvalue weighted by Gasteiger charge is 2.23. The van der Waals surface area contributed by atoms with Gasteiger partial charge in [-0.25, -0.2) is 0 Å². The van der Waals surface area contributed by atoms with E-state index in [-0.39, 0.29) is 5.91 Å². The Morgan fingerprint density at radius 2 is 2.12 bits per heavy atom. The molecule has 1 unspecified atom stereocenters. The molecule has 2 aliphatic heterocycles. The Balaban J connectivity index is 1.68. The summed E-state index contributed by atoms with van der Waals surface area (Å²) in [6, 6.07) is 1.04. The molecule has 2 aliphatic rings. The van der Waals surface area contributed by atoms with Crippen LogP contribution in [0.25, 0.3) is 0 Å². The molecule has 0 aromatic heterocycles. The first-order valence-electron chi connectivity index (χ1n) is 6.46. The second kappa shape index (κ2) is 6.04. The third kappa shape index (κ3) is 3.72. The van der Waals surface area contributed by atoms with Crippen LogP contribution in [-0.2, 0) is 4.79 Å². The van der Waals surface area contributed by atoms with Gasteiger partial charge in [-0.3, -0.25) is 9.69 Å². The van der Waals surface area contributed by atoms with Crippen molar-refractivity contribution in [3.05, 3.63) is 0 Å². The lowest BCUT2D eigenvalue weighted by Crippen LogP contribution is -2.52. The first-order valence-corrected chi connectivity index (χ1v) is 6.46. The molecule has 2 N–H and O–H groups in total. The molecule has 2 heterocycles. The molecule has 0 bridgehead atoms. The van der Waals surface area contributed by atoms with E-state index in [4.69, 9.17) is 6.42 Å². The molecule has 4 nitrogen and oxygen atoms in total. The Hall–Kier alpha value is -1.05. The molecule has 0 aliphatic carbocycles. The van der Waals surface area contributed by atoms with E-state index in [9.17, 15) is 4.79 Å². The van der Waals surface area contributed by atoms with Crippen LogP contribution in [0, 0.1) is 12.3 Å². The first-order chi connectivity index (χ1) is 8.28. The van der Waals surface area contributed by atoms with Gasteiger partial charge >= 0.3 is 0 Å². The van der Waals surface area contributed by atoms with Gasteiger partial charge < -0.3 is 10.6 Å². The van der Waals surface area contributed by atoms with Gasteiger partial charge in [0.05, 0.1) is 6.54 Å². The number of amides is 1. The normalized spacial score (nSPS) is 27.5. The Bertz CT molecular complexity index is 292. The molecular weight excluding hydrogens is 214 g/mol. The predicted molar refractivity (Wildman–Crippen MR) is 67.5 cm³/mol. The van der Waals surface area contributed by atoms with E-state index < -0.39 is 0 Å². The van der Waals surface area contributed by atoms with Crippen molar-refractivity contribution in [2.75, 3.05) is 26.2 Å². The zero-order chi connectivity index (χ0) is 12.1. The minimum atomic E-state index is 0.187. The largest absolute Gasteiger partial charge is 0.355 e. The highest BCUT2D eigenvalue weighted by atomic mass is 16.1. The Morgan fingerprint density at radius 1 is 1.35 bits per heavy atom. The zero-order valence-corrected chi connectivity index (χ0v) is 10.2. The van der Waals surface area contributed by atoms with Crippen molar-refractivity contribution < 1.29 is 4.79 Å². The lowest BCUT2D eigenvalue weighted by Gasteiger charge is -2.34. The number of hydrogen-bond donors (Lipinski definition) is 2. The molecule has 1 amide bonds. The van der Waals surface area contributed by atoms with Crippen LogP contribution in [0.1, 0.15) is 25.7 Å². The standard InChI is InChI=1S/C13H21N3O/c1-2-7-16-8-5-11(6-9-16)15-12-3-4-13(17)14-10-12/h1,11-12,15H,3-10H2,(H,14,17). The Kier molecular flexibility index (Phi) is 4.41. The highest BCUT2D eigenvalue weighted by molar-refractivity contribution is 5.76.